The highest BCUT2D eigenvalue weighted by atomic mass is 16.5. The van der Waals surface area contributed by atoms with E-state index >= 15 is 0 Å². The van der Waals surface area contributed by atoms with Crippen LogP contribution in [0.1, 0.15) is 43.7 Å². The van der Waals surface area contributed by atoms with E-state index in [1.165, 1.54) is 25.3 Å². The van der Waals surface area contributed by atoms with Crippen LogP contribution in [0.2, 0.25) is 0 Å². The lowest BCUT2D eigenvalue weighted by atomic mass is 10.1. The second-order valence-electron chi connectivity index (χ2n) is 5.52. The monoisotopic (exact) mass is 351 g/mol. The summed E-state index contributed by atoms with van der Waals surface area (Å²) >= 11 is 0. The SMILES string of the molecule is CCOC(=O)c1cc(C(=O)c2ccc(C(=O)OC)cc2)n2ccccc12. The molecule has 6 heteroatoms. The zero-order valence-electron chi connectivity index (χ0n) is 14.4. The van der Waals surface area contributed by atoms with Crippen LogP contribution in [-0.2, 0) is 9.47 Å². The van der Waals surface area contributed by atoms with Crippen LogP contribution in [0.3, 0.4) is 0 Å². The first kappa shape index (κ1) is 17.4. The molecule has 2 aromatic heterocycles. The van der Waals surface area contributed by atoms with Gasteiger partial charge in [0.25, 0.3) is 0 Å². The number of hydrogen-bond acceptors (Lipinski definition) is 5. The molecule has 2 heterocycles. The minimum Gasteiger partial charge on any atom is -0.465 e. The van der Waals surface area contributed by atoms with Gasteiger partial charge >= 0.3 is 11.9 Å². The molecule has 0 saturated carbocycles. The Balaban J connectivity index is 2.03. The van der Waals surface area contributed by atoms with Gasteiger partial charge in [-0.15, -0.1) is 0 Å². The number of rotatable bonds is 5. The fraction of sp³-hybridized carbons (Fsp3) is 0.150. The average Bonchev–Trinajstić information content (AvgIpc) is 3.07. The van der Waals surface area contributed by atoms with Gasteiger partial charge < -0.3 is 13.9 Å². The van der Waals surface area contributed by atoms with Crippen LogP contribution >= 0.6 is 0 Å². The molecule has 3 aromatic rings. The summed E-state index contributed by atoms with van der Waals surface area (Å²) in [5.74, 6) is -1.21. The predicted molar refractivity (Wildman–Crippen MR) is 94.6 cm³/mol. The standard InChI is InChI=1S/C20H17NO5/c1-3-26-20(24)15-12-17(21-11-5-4-6-16(15)21)18(22)13-7-9-14(10-8-13)19(23)25-2/h4-12H,3H2,1-2H3. The van der Waals surface area contributed by atoms with Gasteiger partial charge in [0.2, 0.25) is 5.78 Å². The second kappa shape index (κ2) is 7.23. The van der Waals surface area contributed by atoms with Crippen LogP contribution in [0.5, 0.6) is 0 Å². The summed E-state index contributed by atoms with van der Waals surface area (Å²) in [6.07, 6.45) is 1.72. The van der Waals surface area contributed by atoms with Gasteiger partial charge in [-0.3, -0.25) is 4.79 Å². The van der Waals surface area contributed by atoms with E-state index in [9.17, 15) is 14.4 Å². The Bertz CT molecular complexity index is 985. The molecule has 0 N–H and O–H groups in total. The number of ketones is 1. The molecule has 0 aliphatic carbocycles. The van der Waals surface area contributed by atoms with Crippen molar-refractivity contribution in [1.29, 1.82) is 0 Å². The van der Waals surface area contributed by atoms with Crippen molar-refractivity contribution in [2.24, 2.45) is 0 Å². The van der Waals surface area contributed by atoms with Gasteiger partial charge in [-0.1, -0.05) is 18.2 Å². The molecule has 26 heavy (non-hydrogen) atoms. The van der Waals surface area contributed by atoms with E-state index in [1.807, 2.05) is 0 Å². The van der Waals surface area contributed by atoms with E-state index in [0.29, 0.717) is 27.9 Å². The number of hydrogen-bond donors (Lipinski definition) is 0. The Hall–Kier alpha value is -3.41. The van der Waals surface area contributed by atoms with Crippen molar-refractivity contribution in [2.45, 2.75) is 6.92 Å². The second-order valence-corrected chi connectivity index (χ2v) is 5.52. The highest BCUT2D eigenvalue weighted by molar-refractivity contribution is 6.11. The molecule has 0 spiro atoms. The van der Waals surface area contributed by atoms with Gasteiger partial charge in [0.1, 0.15) is 0 Å². The van der Waals surface area contributed by atoms with E-state index < -0.39 is 11.9 Å². The summed E-state index contributed by atoms with van der Waals surface area (Å²) in [5, 5.41) is 0. The number of carbonyl (C=O) groups is 3. The summed E-state index contributed by atoms with van der Waals surface area (Å²) in [4.78, 5) is 36.6. The zero-order chi connectivity index (χ0) is 18.7. The van der Waals surface area contributed by atoms with Crippen LogP contribution in [0.25, 0.3) is 5.52 Å². The normalized spacial score (nSPS) is 10.5. The van der Waals surface area contributed by atoms with Crippen LogP contribution in [0.4, 0.5) is 0 Å². The average molecular weight is 351 g/mol. The molecule has 0 aliphatic rings. The van der Waals surface area contributed by atoms with Gasteiger partial charge in [0.05, 0.1) is 36.1 Å². The molecule has 0 unspecified atom stereocenters. The molecule has 0 radical (unpaired) electrons. The van der Waals surface area contributed by atoms with Crippen LogP contribution in [0.15, 0.2) is 54.7 Å². The molecule has 0 fully saturated rings. The quantitative estimate of drug-likeness (QED) is 0.521. The molecule has 3 rings (SSSR count). The minimum atomic E-state index is -0.476. The highest BCUT2D eigenvalue weighted by Crippen LogP contribution is 2.21. The van der Waals surface area contributed by atoms with Gasteiger partial charge in [-0.25, -0.2) is 9.59 Å². The summed E-state index contributed by atoms with van der Waals surface area (Å²) < 4.78 is 11.4. The topological polar surface area (TPSA) is 74.1 Å². The smallest absolute Gasteiger partial charge is 0.340 e. The van der Waals surface area contributed by atoms with Gasteiger partial charge in [0, 0.05) is 11.8 Å². The third-order valence-electron chi connectivity index (χ3n) is 3.97. The van der Waals surface area contributed by atoms with Crippen molar-refractivity contribution in [3.63, 3.8) is 0 Å². The van der Waals surface area contributed by atoms with Crippen molar-refractivity contribution in [1.82, 2.24) is 4.40 Å². The van der Waals surface area contributed by atoms with Gasteiger partial charge in [-0.2, -0.15) is 0 Å². The van der Waals surface area contributed by atoms with Crippen LogP contribution in [0, 0.1) is 0 Å². The third-order valence-corrected chi connectivity index (χ3v) is 3.97. The number of pyridine rings is 1. The molecule has 0 atom stereocenters. The summed E-state index contributed by atoms with van der Waals surface area (Å²) in [6.45, 7) is 1.98. The maximum Gasteiger partial charge on any atom is 0.340 e. The number of nitrogens with zero attached hydrogens (tertiary/aromatic N) is 1. The lowest BCUT2D eigenvalue weighted by Crippen LogP contribution is -2.06. The molecule has 1 aromatic carbocycles. The van der Waals surface area contributed by atoms with Crippen molar-refractivity contribution in [3.8, 4) is 0 Å². The first-order chi connectivity index (χ1) is 12.6. The van der Waals surface area contributed by atoms with Crippen molar-refractivity contribution >= 4 is 23.2 Å². The molecule has 0 aliphatic heterocycles. The Kier molecular flexibility index (Phi) is 4.84. The number of esters is 2. The number of ether oxygens (including phenoxy) is 2. The number of methoxy groups -OCH3 is 1. The summed E-state index contributed by atoms with van der Waals surface area (Å²) in [7, 11) is 1.30. The first-order valence-corrected chi connectivity index (χ1v) is 8.07. The fourth-order valence-corrected chi connectivity index (χ4v) is 2.72. The Morgan fingerprint density at radius 3 is 2.31 bits per heavy atom. The number of benzene rings is 1. The van der Waals surface area contributed by atoms with E-state index in [-0.39, 0.29) is 12.4 Å². The number of aromatic nitrogens is 1. The maximum atomic E-state index is 12.9. The Morgan fingerprint density at radius 1 is 0.962 bits per heavy atom. The molecular formula is C20H17NO5. The molecule has 0 bridgehead atoms. The molecule has 0 amide bonds. The zero-order valence-corrected chi connectivity index (χ0v) is 14.4. The minimum absolute atomic E-state index is 0.251. The number of fused-ring (bicyclic) bond motifs is 1. The lowest BCUT2D eigenvalue weighted by Gasteiger charge is -2.04. The highest BCUT2D eigenvalue weighted by Gasteiger charge is 2.21. The van der Waals surface area contributed by atoms with E-state index in [1.54, 1.807) is 47.9 Å². The van der Waals surface area contributed by atoms with Gasteiger partial charge in [-0.05, 0) is 37.3 Å². The molecule has 6 nitrogen and oxygen atoms in total. The largest absolute Gasteiger partial charge is 0.465 e. The van der Waals surface area contributed by atoms with Crippen LogP contribution < -0.4 is 0 Å². The summed E-state index contributed by atoms with van der Waals surface area (Å²) in [5.41, 5.74) is 2.03. The Labute approximate surface area is 150 Å². The van der Waals surface area contributed by atoms with E-state index in [0.717, 1.165) is 0 Å². The number of carbonyl (C=O) groups excluding carboxylic acids is 3. The lowest BCUT2D eigenvalue weighted by molar-refractivity contribution is 0.0527. The maximum absolute atomic E-state index is 12.9. The van der Waals surface area contributed by atoms with E-state index in [4.69, 9.17) is 4.74 Å². The molecular weight excluding hydrogens is 334 g/mol. The van der Waals surface area contributed by atoms with Crippen molar-refractivity contribution in [3.05, 3.63) is 77.1 Å². The van der Waals surface area contributed by atoms with Gasteiger partial charge in [0.15, 0.2) is 0 Å². The Morgan fingerprint density at radius 2 is 1.65 bits per heavy atom. The van der Waals surface area contributed by atoms with Crippen molar-refractivity contribution in [2.75, 3.05) is 13.7 Å². The predicted octanol–water partition coefficient (Wildman–Crippen LogP) is 3.13. The molecule has 0 saturated heterocycles. The van der Waals surface area contributed by atoms with Crippen LogP contribution in [-0.4, -0.2) is 35.8 Å². The molecule has 132 valence electrons. The van der Waals surface area contributed by atoms with Crippen molar-refractivity contribution < 1.29 is 23.9 Å². The first-order valence-electron chi connectivity index (χ1n) is 8.07. The third kappa shape index (κ3) is 3.09. The fourth-order valence-electron chi connectivity index (χ4n) is 2.72. The van der Waals surface area contributed by atoms with E-state index in [2.05, 4.69) is 4.74 Å². The summed E-state index contributed by atoms with van der Waals surface area (Å²) in [6, 6.07) is 13.0.